The van der Waals surface area contributed by atoms with E-state index in [4.69, 9.17) is 4.98 Å². The molecule has 1 aliphatic rings. The molecule has 0 radical (unpaired) electrons. The Labute approximate surface area is 214 Å². The maximum atomic E-state index is 13.0. The van der Waals surface area contributed by atoms with E-state index in [1.807, 2.05) is 12.1 Å². The van der Waals surface area contributed by atoms with Crippen LogP contribution in [0.15, 0.2) is 78.9 Å². The molecule has 1 N–H and O–H groups in total. The predicted molar refractivity (Wildman–Crippen MR) is 147 cm³/mol. The van der Waals surface area contributed by atoms with Gasteiger partial charge in [0, 0.05) is 25.0 Å². The number of imidazole rings is 1. The number of fused-ring (bicyclic) bond motifs is 1. The Morgan fingerprint density at radius 2 is 1.69 bits per heavy atom. The third kappa shape index (κ3) is 5.62. The second kappa shape index (κ2) is 11.0. The number of anilines is 1. The summed E-state index contributed by atoms with van der Waals surface area (Å²) >= 11 is 0. The van der Waals surface area contributed by atoms with E-state index in [-0.39, 0.29) is 17.9 Å². The molecule has 0 spiro atoms. The number of piperidine rings is 1. The molecule has 1 amide bonds. The zero-order valence-electron chi connectivity index (χ0n) is 21.4. The Balaban J connectivity index is 1.22. The van der Waals surface area contributed by atoms with Gasteiger partial charge in [-0.05, 0) is 62.8 Å². The monoisotopic (exact) mass is 480 g/mol. The molecule has 1 fully saturated rings. The molecule has 0 bridgehead atoms. The first kappa shape index (κ1) is 24.1. The lowest BCUT2D eigenvalue weighted by molar-refractivity contribution is -0.126. The summed E-state index contributed by atoms with van der Waals surface area (Å²) in [5.74, 6) is 1.27. The number of aryl methyl sites for hydroxylation is 2. The van der Waals surface area contributed by atoms with Crippen molar-refractivity contribution in [3.05, 3.63) is 95.6 Å². The first-order valence-electron chi connectivity index (χ1n) is 13.2. The molecule has 5 nitrogen and oxygen atoms in total. The molecule has 2 heterocycles. The average molecular weight is 481 g/mol. The van der Waals surface area contributed by atoms with Gasteiger partial charge in [0.2, 0.25) is 11.9 Å². The van der Waals surface area contributed by atoms with Crippen LogP contribution >= 0.6 is 0 Å². The van der Waals surface area contributed by atoms with E-state index in [0.29, 0.717) is 0 Å². The Hall–Kier alpha value is -3.60. The predicted octanol–water partition coefficient (Wildman–Crippen LogP) is 5.75. The summed E-state index contributed by atoms with van der Waals surface area (Å²) in [5, 5.41) is 3.27. The minimum absolute atomic E-state index is 0.0648. The Bertz CT molecular complexity index is 1300. The molecule has 186 valence electrons. The molecule has 1 unspecified atom stereocenters. The number of amides is 1. The van der Waals surface area contributed by atoms with Crippen molar-refractivity contribution in [3.8, 4) is 0 Å². The lowest BCUT2D eigenvalue weighted by atomic mass is 9.95. The molecule has 5 heteroatoms. The van der Waals surface area contributed by atoms with Gasteiger partial charge in [-0.2, -0.15) is 0 Å². The maximum Gasteiger partial charge on any atom is 0.223 e. The number of carbonyl (C=O) groups is 1. The summed E-state index contributed by atoms with van der Waals surface area (Å²) in [4.78, 5) is 20.4. The molecule has 36 heavy (non-hydrogen) atoms. The summed E-state index contributed by atoms with van der Waals surface area (Å²) in [5.41, 5.74) is 6.04. The fraction of sp³-hybridized carbons (Fsp3) is 0.355. The molecule has 1 saturated heterocycles. The van der Waals surface area contributed by atoms with Crippen LogP contribution in [0.2, 0.25) is 0 Å². The van der Waals surface area contributed by atoms with Gasteiger partial charge in [0.15, 0.2) is 0 Å². The second-order valence-corrected chi connectivity index (χ2v) is 10.2. The van der Waals surface area contributed by atoms with E-state index < -0.39 is 0 Å². The highest BCUT2D eigenvalue weighted by molar-refractivity contribution is 5.80. The van der Waals surface area contributed by atoms with E-state index >= 15 is 0 Å². The van der Waals surface area contributed by atoms with Crippen LogP contribution in [0.3, 0.4) is 0 Å². The largest absolute Gasteiger partial charge is 0.353 e. The Morgan fingerprint density at radius 1 is 0.972 bits per heavy atom. The number of aromatic nitrogens is 2. The summed E-state index contributed by atoms with van der Waals surface area (Å²) in [6.45, 7) is 6.72. The number of nitrogens with zero attached hydrogens (tertiary/aromatic N) is 3. The van der Waals surface area contributed by atoms with Crippen molar-refractivity contribution in [2.75, 3.05) is 18.0 Å². The van der Waals surface area contributed by atoms with Crippen LogP contribution in [-0.4, -0.2) is 34.6 Å². The van der Waals surface area contributed by atoms with Crippen molar-refractivity contribution in [1.82, 2.24) is 14.9 Å². The molecule has 0 saturated carbocycles. The van der Waals surface area contributed by atoms with Crippen LogP contribution in [0.25, 0.3) is 11.0 Å². The van der Waals surface area contributed by atoms with Crippen LogP contribution in [0.4, 0.5) is 5.95 Å². The van der Waals surface area contributed by atoms with Gasteiger partial charge >= 0.3 is 0 Å². The zero-order valence-corrected chi connectivity index (χ0v) is 21.4. The quantitative estimate of drug-likeness (QED) is 0.350. The Morgan fingerprint density at radius 3 is 2.47 bits per heavy atom. The molecular weight excluding hydrogens is 444 g/mol. The van der Waals surface area contributed by atoms with Gasteiger partial charge < -0.3 is 14.8 Å². The topological polar surface area (TPSA) is 50.2 Å². The molecule has 3 aromatic carbocycles. The molecule has 0 aliphatic carbocycles. The fourth-order valence-corrected chi connectivity index (χ4v) is 5.26. The van der Waals surface area contributed by atoms with Crippen LogP contribution in [0.1, 0.15) is 42.9 Å². The lowest BCUT2D eigenvalue weighted by Crippen LogP contribution is -2.43. The van der Waals surface area contributed by atoms with E-state index in [1.165, 1.54) is 16.7 Å². The number of rotatable bonds is 8. The second-order valence-electron chi connectivity index (χ2n) is 10.2. The third-order valence-electron chi connectivity index (χ3n) is 7.30. The number of para-hydroxylation sites is 2. The first-order chi connectivity index (χ1) is 17.6. The van der Waals surface area contributed by atoms with Crippen LogP contribution in [0, 0.1) is 12.8 Å². The molecule has 1 aromatic heterocycles. The van der Waals surface area contributed by atoms with E-state index in [2.05, 4.69) is 95.4 Å². The highest BCUT2D eigenvalue weighted by Gasteiger charge is 2.28. The van der Waals surface area contributed by atoms with Crippen LogP contribution in [0.5, 0.6) is 0 Å². The van der Waals surface area contributed by atoms with Crippen molar-refractivity contribution >= 4 is 22.9 Å². The first-order valence-corrected chi connectivity index (χ1v) is 13.2. The average Bonchev–Trinajstić information content (AvgIpc) is 3.26. The highest BCUT2D eigenvalue weighted by Crippen LogP contribution is 2.28. The van der Waals surface area contributed by atoms with Crippen molar-refractivity contribution in [3.63, 3.8) is 0 Å². The van der Waals surface area contributed by atoms with E-state index in [0.717, 1.165) is 62.3 Å². The number of benzene rings is 3. The van der Waals surface area contributed by atoms with Crippen molar-refractivity contribution in [2.24, 2.45) is 5.92 Å². The molecular formula is C31H36N4O. The van der Waals surface area contributed by atoms with Gasteiger partial charge in [-0.3, -0.25) is 4.79 Å². The zero-order chi connectivity index (χ0) is 24.9. The van der Waals surface area contributed by atoms with Gasteiger partial charge in [0.25, 0.3) is 0 Å². The highest BCUT2D eigenvalue weighted by atomic mass is 16.1. The number of nitrogens with one attached hydrogen (secondary N) is 1. The fourth-order valence-electron chi connectivity index (χ4n) is 5.26. The van der Waals surface area contributed by atoms with Gasteiger partial charge in [-0.1, -0.05) is 72.3 Å². The van der Waals surface area contributed by atoms with Crippen LogP contribution < -0.4 is 10.2 Å². The standard InChI is InChI=1S/C31H36N4O/c1-23-9-8-12-26(21-23)22-35-29-14-7-6-13-28(29)33-31(35)34-19-17-27(18-20-34)30(36)32-24(2)15-16-25-10-4-3-5-11-25/h3-14,21,24,27H,15-20,22H2,1-2H3,(H,32,36). The lowest BCUT2D eigenvalue weighted by Gasteiger charge is -2.33. The summed E-state index contributed by atoms with van der Waals surface area (Å²) < 4.78 is 2.33. The molecule has 1 atom stereocenters. The molecule has 4 aromatic rings. The van der Waals surface area contributed by atoms with Crippen molar-refractivity contribution in [2.45, 2.75) is 52.1 Å². The van der Waals surface area contributed by atoms with Gasteiger partial charge in [0.1, 0.15) is 0 Å². The number of hydrogen-bond donors (Lipinski definition) is 1. The number of hydrogen-bond acceptors (Lipinski definition) is 3. The van der Waals surface area contributed by atoms with E-state index in [1.54, 1.807) is 0 Å². The van der Waals surface area contributed by atoms with Crippen molar-refractivity contribution < 1.29 is 4.79 Å². The Kier molecular flexibility index (Phi) is 7.36. The van der Waals surface area contributed by atoms with E-state index in [9.17, 15) is 4.79 Å². The molecule has 5 rings (SSSR count). The number of carbonyl (C=O) groups excluding carboxylic acids is 1. The third-order valence-corrected chi connectivity index (χ3v) is 7.30. The molecule has 1 aliphatic heterocycles. The van der Waals surface area contributed by atoms with Gasteiger partial charge in [0.05, 0.1) is 17.6 Å². The smallest absolute Gasteiger partial charge is 0.223 e. The SMILES string of the molecule is Cc1cccc(Cn2c(N3CCC(C(=O)NC(C)CCc4ccccc4)CC3)nc3ccccc32)c1. The van der Waals surface area contributed by atoms with Gasteiger partial charge in [-0.25, -0.2) is 4.98 Å². The normalized spacial score (nSPS) is 15.2. The maximum absolute atomic E-state index is 13.0. The minimum Gasteiger partial charge on any atom is -0.353 e. The van der Waals surface area contributed by atoms with Crippen molar-refractivity contribution in [1.29, 1.82) is 0 Å². The minimum atomic E-state index is 0.0648. The summed E-state index contributed by atoms with van der Waals surface area (Å²) in [6.07, 6.45) is 3.64. The summed E-state index contributed by atoms with van der Waals surface area (Å²) in [7, 11) is 0. The van der Waals surface area contributed by atoms with Gasteiger partial charge in [-0.15, -0.1) is 0 Å². The summed E-state index contributed by atoms with van der Waals surface area (Å²) in [6, 6.07) is 27.7. The van der Waals surface area contributed by atoms with Crippen LogP contribution in [-0.2, 0) is 17.8 Å².